The molecule has 0 radical (unpaired) electrons. The third-order valence-electron chi connectivity index (χ3n) is 1.18. The first-order valence-electron chi connectivity index (χ1n) is 3.22. The van der Waals surface area contributed by atoms with E-state index in [0.29, 0.717) is 0 Å². The average molecular weight is 190 g/mol. The molecule has 58 valence electrons. The van der Waals surface area contributed by atoms with Crippen LogP contribution in [0.4, 0.5) is 0 Å². The molecule has 0 nitrogen and oxygen atoms in total. The van der Waals surface area contributed by atoms with Gasteiger partial charge in [-0.1, -0.05) is 0 Å². The average Bonchev–Trinajstić information content (AvgIpc) is 2.09. The Kier molecular flexibility index (Phi) is 3.67. The molecule has 0 atom stereocenters. The summed E-state index contributed by atoms with van der Waals surface area (Å²) in [6.07, 6.45) is 10.3. The number of terminal acetylenes is 2. The van der Waals surface area contributed by atoms with Crippen molar-refractivity contribution < 1.29 is 0 Å². The van der Waals surface area contributed by atoms with Gasteiger partial charge in [-0.3, -0.25) is 0 Å². The van der Waals surface area contributed by atoms with E-state index in [2.05, 4.69) is 10.5 Å². The molecule has 0 unspecified atom stereocenters. The van der Waals surface area contributed by atoms with E-state index >= 15 is 0 Å². The molecule has 0 fully saturated rings. The summed E-state index contributed by atoms with van der Waals surface area (Å²) in [6.45, 7) is 0. The lowest BCUT2D eigenvalue weighted by molar-refractivity contribution is 1.36. The van der Waals surface area contributed by atoms with Gasteiger partial charge in [-0.2, -0.15) is 0 Å². The first-order chi connectivity index (χ1) is 5.86. The first-order valence-corrected chi connectivity index (χ1v) is 4.85. The maximum Gasteiger partial charge on any atom is 0.0204 e. The van der Waals surface area contributed by atoms with Gasteiger partial charge < -0.3 is 0 Å². The van der Waals surface area contributed by atoms with Gasteiger partial charge in [0.25, 0.3) is 0 Å². The summed E-state index contributed by atoms with van der Waals surface area (Å²) in [5.74, 6) is 0. The van der Waals surface area contributed by atoms with Crippen LogP contribution in [0, 0.1) is 23.4 Å². The third kappa shape index (κ3) is 2.58. The predicted molar refractivity (Wildman–Crippen MR) is 55.8 cm³/mol. The van der Waals surface area contributed by atoms with Crippen LogP contribution in [0.2, 0.25) is 0 Å². The zero-order valence-electron chi connectivity index (χ0n) is 6.28. The van der Waals surface area contributed by atoms with Crippen LogP contribution in [0.25, 0.3) is 0 Å². The van der Waals surface area contributed by atoms with Crippen LogP contribution in [0.3, 0.4) is 0 Å². The minimum absolute atomic E-state index is 1.07. The molecule has 1 aromatic rings. The summed E-state index contributed by atoms with van der Waals surface area (Å²) in [7, 11) is 0. The van der Waals surface area contributed by atoms with Crippen molar-refractivity contribution in [1.29, 1.82) is 0 Å². The molecule has 0 aliphatic carbocycles. The van der Waals surface area contributed by atoms with E-state index in [1.54, 1.807) is 0 Å². The van der Waals surface area contributed by atoms with Crippen molar-refractivity contribution in [1.82, 2.24) is 0 Å². The van der Waals surface area contributed by atoms with Crippen LogP contribution in [0.1, 0.15) is 0 Å². The van der Waals surface area contributed by atoms with Crippen LogP contribution in [0.15, 0.2) is 34.1 Å². The summed E-state index contributed by atoms with van der Waals surface area (Å²) < 4.78 is 0. The molecule has 0 aliphatic rings. The number of rotatable bonds is 2. The molecule has 0 N–H and O–H groups in total. The Balaban J connectivity index is 2.74. The first kappa shape index (κ1) is 9.13. The van der Waals surface area contributed by atoms with E-state index in [9.17, 15) is 0 Å². The molecule has 1 aromatic carbocycles. The van der Waals surface area contributed by atoms with Crippen LogP contribution < -0.4 is 0 Å². The normalized spacial score (nSPS) is 8.50. The Labute approximate surface area is 81.1 Å². The minimum atomic E-state index is 1.07. The van der Waals surface area contributed by atoms with Gasteiger partial charge in [0, 0.05) is 9.79 Å². The van der Waals surface area contributed by atoms with E-state index in [1.807, 2.05) is 24.3 Å². The van der Waals surface area contributed by atoms with Gasteiger partial charge in [-0.05, 0) is 58.3 Å². The molecule has 1 rings (SSSR count). The fourth-order valence-electron chi connectivity index (χ4n) is 0.712. The third-order valence-corrected chi connectivity index (χ3v) is 2.43. The quantitative estimate of drug-likeness (QED) is 0.519. The predicted octanol–water partition coefficient (Wildman–Crippen LogP) is 3.05. The summed E-state index contributed by atoms with van der Waals surface area (Å²) in [5, 5.41) is 5.01. The van der Waals surface area contributed by atoms with E-state index < -0.39 is 0 Å². The van der Waals surface area contributed by atoms with Gasteiger partial charge in [-0.25, -0.2) is 0 Å². The Hall–Kier alpha value is -0.960. The van der Waals surface area contributed by atoms with Gasteiger partial charge in [0.15, 0.2) is 0 Å². The largest absolute Gasteiger partial charge is 0.108 e. The molecule has 0 saturated carbocycles. The summed E-state index contributed by atoms with van der Waals surface area (Å²) in [5.41, 5.74) is 0. The van der Waals surface area contributed by atoms with Gasteiger partial charge in [-0.15, -0.1) is 12.8 Å². The lowest BCUT2D eigenvalue weighted by Crippen LogP contribution is -1.69. The van der Waals surface area contributed by atoms with Gasteiger partial charge in [0.1, 0.15) is 0 Å². The highest BCUT2D eigenvalue weighted by atomic mass is 32.2. The molecule has 0 aliphatic heterocycles. The van der Waals surface area contributed by atoms with Crippen LogP contribution >= 0.6 is 23.5 Å². The molecular formula is C10H6S2. The standard InChI is InChI=1S/C10H6S2/c1-3-11-9-5-7-10(8-6-9)12-4-2/h1-2,5-8H. The molecule has 0 amide bonds. The minimum Gasteiger partial charge on any atom is -0.108 e. The van der Waals surface area contributed by atoms with Crippen molar-refractivity contribution in [3.63, 3.8) is 0 Å². The Morgan fingerprint density at radius 2 is 1.17 bits per heavy atom. The van der Waals surface area contributed by atoms with Gasteiger partial charge in [0.2, 0.25) is 0 Å². The number of thioether (sulfide) groups is 2. The Morgan fingerprint density at radius 3 is 1.42 bits per heavy atom. The fraction of sp³-hybridized carbons (Fsp3) is 0. The molecule has 2 heteroatoms. The second kappa shape index (κ2) is 4.83. The molecule has 0 saturated heterocycles. The molecule has 0 aromatic heterocycles. The van der Waals surface area contributed by atoms with E-state index in [-0.39, 0.29) is 0 Å². The lowest BCUT2D eigenvalue weighted by atomic mass is 10.4. The zero-order valence-corrected chi connectivity index (χ0v) is 7.91. The second-order valence-electron chi connectivity index (χ2n) is 1.91. The maximum absolute atomic E-state index is 5.13. The van der Waals surface area contributed by atoms with Gasteiger partial charge in [0.05, 0.1) is 0 Å². The monoisotopic (exact) mass is 190 g/mol. The maximum atomic E-state index is 5.13. The SMILES string of the molecule is C#CSc1ccc(SC#C)cc1. The molecule has 0 heterocycles. The van der Waals surface area contributed by atoms with Gasteiger partial charge >= 0.3 is 0 Å². The summed E-state index contributed by atoms with van der Waals surface area (Å²) >= 11 is 2.74. The smallest absolute Gasteiger partial charge is 0.0204 e. The Morgan fingerprint density at radius 1 is 0.833 bits per heavy atom. The number of benzene rings is 1. The molecular weight excluding hydrogens is 184 g/mol. The topological polar surface area (TPSA) is 0 Å². The fourth-order valence-corrected chi connectivity index (χ4v) is 1.53. The van der Waals surface area contributed by atoms with E-state index in [0.717, 1.165) is 9.79 Å². The van der Waals surface area contributed by atoms with E-state index in [1.165, 1.54) is 23.5 Å². The van der Waals surface area contributed by atoms with Crippen LogP contribution in [0.5, 0.6) is 0 Å². The van der Waals surface area contributed by atoms with Crippen LogP contribution in [-0.4, -0.2) is 0 Å². The zero-order chi connectivity index (χ0) is 8.81. The van der Waals surface area contributed by atoms with Crippen molar-refractivity contribution in [2.24, 2.45) is 0 Å². The molecule has 0 bridgehead atoms. The van der Waals surface area contributed by atoms with Crippen molar-refractivity contribution in [3.8, 4) is 23.4 Å². The van der Waals surface area contributed by atoms with Crippen molar-refractivity contribution in [2.75, 3.05) is 0 Å². The Bertz CT molecular complexity index is 289. The highest BCUT2D eigenvalue weighted by molar-refractivity contribution is 8.04. The second-order valence-corrected chi connectivity index (χ2v) is 3.73. The highest BCUT2D eigenvalue weighted by Crippen LogP contribution is 2.21. The number of hydrogen-bond donors (Lipinski definition) is 0. The lowest BCUT2D eigenvalue weighted by Gasteiger charge is -1.95. The van der Waals surface area contributed by atoms with Crippen molar-refractivity contribution >= 4 is 23.5 Å². The molecule has 0 spiro atoms. The van der Waals surface area contributed by atoms with Crippen molar-refractivity contribution in [3.05, 3.63) is 24.3 Å². The number of hydrogen-bond acceptors (Lipinski definition) is 2. The molecule has 12 heavy (non-hydrogen) atoms. The van der Waals surface area contributed by atoms with Crippen molar-refractivity contribution in [2.45, 2.75) is 9.79 Å². The van der Waals surface area contributed by atoms with E-state index in [4.69, 9.17) is 12.8 Å². The van der Waals surface area contributed by atoms with Crippen LogP contribution in [-0.2, 0) is 0 Å². The highest BCUT2D eigenvalue weighted by Gasteiger charge is 1.92. The summed E-state index contributed by atoms with van der Waals surface area (Å²) in [6, 6.07) is 7.85. The summed E-state index contributed by atoms with van der Waals surface area (Å²) in [4.78, 5) is 2.14.